The SMILES string of the molecule is CCCn1ncnc1CC1(N)CCCC(C(F)(F)F)C1. The minimum atomic E-state index is -4.15. The Hall–Kier alpha value is -1.11. The quantitative estimate of drug-likeness (QED) is 0.927. The zero-order chi connectivity index (χ0) is 14.8. The lowest BCUT2D eigenvalue weighted by Gasteiger charge is -2.38. The third-order valence-electron chi connectivity index (χ3n) is 3.98. The lowest BCUT2D eigenvalue weighted by atomic mass is 9.74. The maximum Gasteiger partial charge on any atom is 0.391 e. The summed E-state index contributed by atoms with van der Waals surface area (Å²) in [5.41, 5.74) is 5.40. The molecule has 7 heteroatoms. The van der Waals surface area contributed by atoms with Crippen LogP contribution >= 0.6 is 0 Å². The third-order valence-corrected chi connectivity index (χ3v) is 3.98. The molecule has 0 aliphatic heterocycles. The summed E-state index contributed by atoms with van der Waals surface area (Å²) in [7, 11) is 0. The summed E-state index contributed by atoms with van der Waals surface area (Å²) < 4.78 is 40.4. The highest BCUT2D eigenvalue weighted by Gasteiger charge is 2.46. The second-order valence-electron chi connectivity index (χ2n) is 5.77. The Balaban J connectivity index is 2.08. The molecule has 1 aliphatic carbocycles. The van der Waals surface area contributed by atoms with Gasteiger partial charge in [-0.1, -0.05) is 13.3 Å². The summed E-state index contributed by atoms with van der Waals surface area (Å²) in [5.74, 6) is -0.596. The van der Waals surface area contributed by atoms with E-state index in [1.165, 1.54) is 6.33 Å². The van der Waals surface area contributed by atoms with E-state index < -0.39 is 17.6 Å². The van der Waals surface area contributed by atoms with Crippen molar-refractivity contribution in [2.24, 2.45) is 11.7 Å². The standard InChI is InChI=1S/C13H21F3N4/c1-2-6-20-11(18-9-19-20)8-12(17)5-3-4-10(7-12)13(14,15)16/h9-10H,2-8,17H2,1H3. The molecule has 1 aromatic rings. The fraction of sp³-hybridized carbons (Fsp3) is 0.846. The first kappa shape index (κ1) is 15.3. The molecular formula is C13H21F3N4. The van der Waals surface area contributed by atoms with Crippen LogP contribution in [0, 0.1) is 5.92 Å². The van der Waals surface area contributed by atoms with Gasteiger partial charge in [-0.3, -0.25) is 4.68 Å². The molecule has 1 heterocycles. The number of nitrogens with two attached hydrogens (primary N) is 1. The molecule has 1 aliphatic rings. The molecule has 0 saturated heterocycles. The lowest BCUT2D eigenvalue weighted by molar-refractivity contribution is -0.187. The molecule has 1 saturated carbocycles. The summed E-state index contributed by atoms with van der Waals surface area (Å²) >= 11 is 0. The van der Waals surface area contributed by atoms with Crippen LogP contribution in [0.15, 0.2) is 6.33 Å². The van der Waals surface area contributed by atoms with Crippen LogP contribution in [0.25, 0.3) is 0 Å². The van der Waals surface area contributed by atoms with Gasteiger partial charge in [-0.05, 0) is 25.7 Å². The van der Waals surface area contributed by atoms with Crippen molar-refractivity contribution in [1.29, 1.82) is 0 Å². The van der Waals surface area contributed by atoms with Gasteiger partial charge in [-0.2, -0.15) is 18.3 Å². The van der Waals surface area contributed by atoms with Crippen LogP contribution in [0.3, 0.4) is 0 Å². The first-order chi connectivity index (χ1) is 9.34. The summed E-state index contributed by atoms with van der Waals surface area (Å²) in [6.45, 7) is 2.73. The van der Waals surface area contributed by atoms with Crippen LogP contribution in [0.5, 0.6) is 0 Å². The van der Waals surface area contributed by atoms with Crippen molar-refractivity contribution in [2.75, 3.05) is 0 Å². The highest BCUT2D eigenvalue weighted by molar-refractivity contribution is 5.01. The van der Waals surface area contributed by atoms with Crippen LogP contribution in [0.4, 0.5) is 13.2 Å². The number of aromatic nitrogens is 3. The average Bonchev–Trinajstić information content (AvgIpc) is 2.75. The molecular weight excluding hydrogens is 269 g/mol. The summed E-state index contributed by atoms with van der Waals surface area (Å²) in [6, 6.07) is 0. The van der Waals surface area contributed by atoms with Gasteiger partial charge in [-0.25, -0.2) is 4.98 Å². The summed E-state index contributed by atoms with van der Waals surface area (Å²) in [5, 5.41) is 4.10. The zero-order valence-corrected chi connectivity index (χ0v) is 11.7. The van der Waals surface area contributed by atoms with Gasteiger partial charge in [0.25, 0.3) is 0 Å². The van der Waals surface area contributed by atoms with E-state index in [1.807, 2.05) is 6.92 Å². The Morgan fingerprint density at radius 1 is 1.50 bits per heavy atom. The van der Waals surface area contributed by atoms with Gasteiger partial charge >= 0.3 is 6.18 Å². The van der Waals surface area contributed by atoms with E-state index in [0.29, 0.717) is 31.6 Å². The van der Waals surface area contributed by atoms with Gasteiger partial charge in [0.05, 0.1) is 5.92 Å². The van der Waals surface area contributed by atoms with Crippen LogP contribution in [-0.4, -0.2) is 26.5 Å². The number of rotatable bonds is 4. The first-order valence-corrected chi connectivity index (χ1v) is 7.06. The van der Waals surface area contributed by atoms with Crippen molar-refractivity contribution in [3.63, 3.8) is 0 Å². The van der Waals surface area contributed by atoms with E-state index in [0.717, 1.165) is 6.42 Å². The topological polar surface area (TPSA) is 56.7 Å². The molecule has 2 atom stereocenters. The molecule has 2 N–H and O–H groups in total. The minimum Gasteiger partial charge on any atom is -0.325 e. The van der Waals surface area contributed by atoms with E-state index >= 15 is 0 Å². The van der Waals surface area contributed by atoms with Crippen molar-refractivity contribution < 1.29 is 13.2 Å². The fourth-order valence-electron chi connectivity index (χ4n) is 2.97. The molecule has 2 unspecified atom stereocenters. The predicted octanol–water partition coefficient (Wildman–Crippen LogP) is 2.68. The van der Waals surface area contributed by atoms with Gasteiger partial charge in [0.15, 0.2) is 0 Å². The molecule has 0 radical (unpaired) electrons. The molecule has 20 heavy (non-hydrogen) atoms. The van der Waals surface area contributed by atoms with E-state index in [1.54, 1.807) is 4.68 Å². The largest absolute Gasteiger partial charge is 0.391 e. The van der Waals surface area contributed by atoms with Crippen LogP contribution in [-0.2, 0) is 13.0 Å². The monoisotopic (exact) mass is 290 g/mol. The Bertz CT molecular complexity index is 443. The number of aryl methyl sites for hydroxylation is 1. The number of alkyl halides is 3. The van der Waals surface area contributed by atoms with E-state index in [-0.39, 0.29) is 12.8 Å². The maximum absolute atomic E-state index is 12.9. The molecule has 2 rings (SSSR count). The van der Waals surface area contributed by atoms with Crippen molar-refractivity contribution in [3.05, 3.63) is 12.2 Å². The van der Waals surface area contributed by atoms with E-state index in [4.69, 9.17) is 5.73 Å². The Morgan fingerprint density at radius 3 is 2.90 bits per heavy atom. The van der Waals surface area contributed by atoms with E-state index in [9.17, 15) is 13.2 Å². The molecule has 0 amide bonds. The normalized spacial score (nSPS) is 27.8. The second-order valence-corrected chi connectivity index (χ2v) is 5.77. The van der Waals surface area contributed by atoms with Crippen LogP contribution in [0.1, 0.15) is 44.9 Å². The smallest absolute Gasteiger partial charge is 0.325 e. The van der Waals surface area contributed by atoms with Crippen LogP contribution in [0.2, 0.25) is 0 Å². The van der Waals surface area contributed by atoms with Crippen molar-refractivity contribution >= 4 is 0 Å². The minimum absolute atomic E-state index is 0.0184. The van der Waals surface area contributed by atoms with Crippen LogP contribution < -0.4 is 5.73 Å². The second kappa shape index (κ2) is 5.71. The van der Waals surface area contributed by atoms with Gasteiger partial charge < -0.3 is 5.73 Å². The van der Waals surface area contributed by atoms with Crippen molar-refractivity contribution in [2.45, 2.75) is 63.7 Å². The number of hydrogen-bond acceptors (Lipinski definition) is 3. The zero-order valence-electron chi connectivity index (χ0n) is 11.7. The molecule has 0 bridgehead atoms. The third kappa shape index (κ3) is 3.50. The molecule has 0 spiro atoms. The summed E-state index contributed by atoms with van der Waals surface area (Å²) in [6.07, 6.45) is -0.153. The fourth-order valence-corrected chi connectivity index (χ4v) is 2.97. The number of hydrogen-bond donors (Lipinski definition) is 1. The predicted molar refractivity (Wildman–Crippen MR) is 68.9 cm³/mol. The maximum atomic E-state index is 12.9. The Morgan fingerprint density at radius 2 is 2.25 bits per heavy atom. The van der Waals surface area contributed by atoms with Crippen molar-refractivity contribution in [1.82, 2.24) is 14.8 Å². The number of nitrogens with zero attached hydrogens (tertiary/aromatic N) is 3. The lowest BCUT2D eigenvalue weighted by Crippen LogP contribution is -2.49. The Labute approximate surface area is 116 Å². The molecule has 1 fully saturated rings. The first-order valence-electron chi connectivity index (χ1n) is 7.06. The van der Waals surface area contributed by atoms with E-state index in [2.05, 4.69) is 10.1 Å². The van der Waals surface area contributed by atoms with Gasteiger partial charge in [0.1, 0.15) is 12.2 Å². The summed E-state index contributed by atoms with van der Waals surface area (Å²) in [4.78, 5) is 4.15. The van der Waals surface area contributed by atoms with Gasteiger partial charge in [0, 0.05) is 18.5 Å². The highest BCUT2D eigenvalue weighted by Crippen LogP contribution is 2.41. The molecule has 0 aromatic carbocycles. The Kier molecular flexibility index (Phi) is 4.36. The molecule has 4 nitrogen and oxygen atoms in total. The van der Waals surface area contributed by atoms with Crippen molar-refractivity contribution in [3.8, 4) is 0 Å². The number of halogens is 3. The molecule has 114 valence electrons. The highest BCUT2D eigenvalue weighted by atomic mass is 19.4. The average molecular weight is 290 g/mol. The molecule has 1 aromatic heterocycles. The van der Waals surface area contributed by atoms with Gasteiger partial charge in [-0.15, -0.1) is 0 Å². The van der Waals surface area contributed by atoms with Gasteiger partial charge in [0.2, 0.25) is 0 Å².